The van der Waals surface area contributed by atoms with E-state index in [1.165, 1.54) is 6.07 Å². The highest BCUT2D eigenvalue weighted by Gasteiger charge is 2.22. The summed E-state index contributed by atoms with van der Waals surface area (Å²) in [5.41, 5.74) is 0.0405. The van der Waals surface area contributed by atoms with Crippen molar-refractivity contribution in [2.75, 3.05) is 31.1 Å². The molecule has 23 heavy (non-hydrogen) atoms. The van der Waals surface area contributed by atoms with E-state index in [1.54, 1.807) is 23.5 Å². The molecular formula is C16H17N3O3S. The molecule has 0 radical (unpaired) electrons. The molecule has 7 heteroatoms. The Balaban J connectivity index is 1.59. The number of carbonyl (C=O) groups is 2. The second-order valence-corrected chi connectivity index (χ2v) is 6.34. The largest absolute Gasteiger partial charge is 0.477 e. The van der Waals surface area contributed by atoms with E-state index in [9.17, 15) is 9.59 Å². The summed E-state index contributed by atoms with van der Waals surface area (Å²) >= 11 is 1.59. The van der Waals surface area contributed by atoms with Gasteiger partial charge in [-0.1, -0.05) is 12.1 Å². The molecule has 1 fully saturated rings. The molecular weight excluding hydrogens is 314 g/mol. The molecule has 2 aromatic heterocycles. The predicted octanol–water partition coefficient (Wildman–Crippen LogP) is 1.73. The molecule has 1 aliphatic heterocycles. The summed E-state index contributed by atoms with van der Waals surface area (Å²) in [5.74, 6) is -0.244. The van der Waals surface area contributed by atoms with Crippen molar-refractivity contribution < 1.29 is 14.7 Å². The maximum atomic E-state index is 12.3. The lowest BCUT2D eigenvalue weighted by Crippen LogP contribution is -2.49. The zero-order valence-corrected chi connectivity index (χ0v) is 13.3. The maximum absolute atomic E-state index is 12.3. The summed E-state index contributed by atoms with van der Waals surface area (Å²) in [6.45, 7) is 2.57. The van der Waals surface area contributed by atoms with Gasteiger partial charge in [0.25, 0.3) is 0 Å². The van der Waals surface area contributed by atoms with Crippen LogP contribution >= 0.6 is 11.3 Å². The van der Waals surface area contributed by atoms with Gasteiger partial charge in [0.2, 0.25) is 5.91 Å². The van der Waals surface area contributed by atoms with Gasteiger partial charge in [-0.15, -0.1) is 11.3 Å². The van der Waals surface area contributed by atoms with Crippen LogP contribution in [0.15, 0.2) is 35.7 Å². The molecule has 0 spiro atoms. The molecule has 0 aliphatic carbocycles. The van der Waals surface area contributed by atoms with E-state index in [-0.39, 0.29) is 11.6 Å². The summed E-state index contributed by atoms with van der Waals surface area (Å²) in [4.78, 5) is 32.4. The lowest BCUT2D eigenvalue weighted by Gasteiger charge is -2.35. The molecule has 120 valence electrons. The van der Waals surface area contributed by atoms with Gasteiger partial charge >= 0.3 is 5.97 Å². The topological polar surface area (TPSA) is 73.7 Å². The first-order valence-electron chi connectivity index (χ1n) is 7.39. The zero-order chi connectivity index (χ0) is 16.2. The Kier molecular flexibility index (Phi) is 4.57. The van der Waals surface area contributed by atoms with Crippen molar-refractivity contribution in [2.45, 2.75) is 6.42 Å². The standard InChI is InChI=1S/C16H17N3O3S/c20-15(11-12-3-2-10-23-12)19-8-6-18(7-9-19)14-5-1-4-13(17-14)16(21)22/h1-5,10H,6-9,11H2,(H,21,22). The van der Waals surface area contributed by atoms with E-state index in [2.05, 4.69) is 4.98 Å². The number of hydrogen-bond acceptors (Lipinski definition) is 5. The molecule has 1 saturated heterocycles. The number of carbonyl (C=O) groups excluding carboxylic acids is 1. The summed E-state index contributed by atoms with van der Waals surface area (Å²) in [5, 5.41) is 11.0. The third-order valence-corrected chi connectivity index (χ3v) is 4.69. The Bertz CT molecular complexity index is 694. The normalized spacial score (nSPS) is 14.8. The Hall–Kier alpha value is -2.41. The van der Waals surface area contributed by atoms with Gasteiger partial charge in [0.15, 0.2) is 5.69 Å². The first kappa shape index (κ1) is 15.5. The quantitative estimate of drug-likeness (QED) is 0.924. The second-order valence-electron chi connectivity index (χ2n) is 5.31. The number of pyridine rings is 1. The van der Waals surface area contributed by atoms with Gasteiger partial charge in [-0.2, -0.15) is 0 Å². The number of hydrogen-bond donors (Lipinski definition) is 1. The summed E-state index contributed by atoms with van der Waals surface area (Å²) in [6, 6.07) is 8.90. The second kappa shape index (κ2) is 6.78. The van der Waals surface area contributed by atoms with Gasteiger partial charge in [0.05, 0.1) is 6.42 Å². The molecule has 3 rings (SSSR count). The fraction of sp³-hybridized carbons (Fsp3) is 0.312. The average molecular weight is 331 g/mol. The van der Waals surface area contributed by atoms with Crippen LogP contribution in [0, 0.1) is 0 Å². The molecule has 3 heterocycles. The van der Waals surface area contributed by atoms with Crippen LogP contribution in [0.25, 0.3) is 0 Å². The van der Waals surface area contributed by atoms with Crippen LogP contribution in [-0.4, -0.2) is 53.0 Å². The van der Waals surface area contributed by atoms with Gasteiger partial charge in [-0.3, -0.25) is 4.79 Å². The molecule has 0 bridgehead atoms. The third kappa shape index (κ3) is 3.68. The predicted molar refractivity (Wildman–Crippen MR) is 88.0 cm³/mol. The minimum Gasteiger partial charge on any atom is -0.477 e. The maximum Gasteiger partial charge on any atom is 0.354 e. The summed E-state index contributed by atoms with van der Waals surface area (Å²) in [7, 11) is 0. The van der Waals surface area contributed by atoms with E-state index in [0.29, 0.717) is 38.4 Å². The van der Waals surface area contributed by atoms with Crippen LogP contribution in [0.3, 0.4) is 0 Å². The number of amides is 1. The highest BCUT2D eigenvalue weighted by Crippen LogP contribution is 2.16. The summed E-state index contributed by atoms with van der Waals surface area (Å²) < 4.78 is 0. The first-order chi connectivity index (χ1) is 11.1. The molecule has 2 aromatic rings. The number of thiophene rings is 1. The fourth-order valence-corrected chi connectivity index (χ4v) is 3.27. The van der Waals surface area contributed by atoms with Crippen molar-refractivity contribution in [3.63, 3.8) is 0 Å². The number of carboxylic acids is 1. The van der Waals surface area contributed by atoms with Crippen molar-refractivity contribution in [1.82, 2.24) is 9.88 Å². The number of carboxylic acid groups (broad SMARTS) is 1. The molecule has 0 saturated carbocycles. The SMILES string of the molecule is O=C(O)c1cccc(N2CCN(C(=O)Cc3cccs3)CC2)n1. The van der Waals surface area contributed by atoms with E-state index in [0.717, 1.165) is 4.88 Å². The van der Waals surface area contributed by atoms with Gasteiger partial charge in [0, 0.05) is 31.1 Å². The molecule has 0 unspecified atom stereocenters. The highest BCUT2D eigenvalue weighted by atomic mass is 32.1. The Morgan fingerprint density at radius 1 is 1.13 bits per heavy atom. The Labute approximate surface area is 138 Å². The highest BCUT2D eigenvalue weighted by molar-refractivity contribution is 7.10. The number of rotatable bonds is 4. The summed E-state index contributed by atoms with van der Waals surface area (Å²) in [6.07, 6.45) is 0.449. The van der Waals surface area contributed by atoms with Crippen molar-refractivity contribution in [1.29, 1.82) is 0 Å². The minimum atomic E-state index is -1.03. The monoisotopic (exact) mass is 331 g/mol. The van der Waals surface area contributed by atoms with E-state index < -0.39 is 5.97 Å². The van der Waals surface area contributed by atoms with Crippen molar-refractivity contribution >= 4 is 29.0 Å². The van der Waals surface area contributed by atoms with Crippen LogP contribution in [0.1, 0.15) is 15.4 Å². The molecule has 1 aliphatic rings. The smallest absolute Gasteiger partial charge is 0.354 e. The third-order valence-electron chi connectivity index (χ3n) is 3.82. The number of anilines is 1. The van der Waals surface area contributed by atoms with Crippen molar-refractivity contribution in [3.05, 3.63) is 46.3 Å². The van der Waals surface area contributed by atoms with Gasteiger partial charge in [0.1, 0.15) is 5.82 Å². The lowest BCUT2D eigenvalue weighted by molar-refractivity contribution is -0.130. The number of aromatic nitrogens is 1. The minimum absolute atomic E-state index is 0.0405. The number of nitrogens with zero attached hydrogens (tertiary/aromatic N) is 3. The van der Waals surface area contributed by atoms with Crippen LogP contribution in [-0.2, 0) is 11.2 Å². The van der Waals surface area contributed by atoms with Crippen LogP contribution in [0.5, 0.6) is 0 Å². The first-order valence-corrected chi connectivity index (χ1v) is 8.27. The number of piperazine rings is 1. The van der Waals surface area contributed by atoms with Crippen LogP contribution < -0.4 is 4.90 Å². The van der Waals surface area contributed by atoms with Gasteiger partial charge < -0.3 is 14.9 Å². The molecule has 6 nitrogen and oxygen atoms in total. The molecule has 0 aromatic carbocycles. The molecule has 0 atom stereocenters. The van der Waals surface area contributed by atoms with Crippen LogP contribution in [0.2, 0.25) is 0 Å². The average Bonchev–Trinajstić information content (AvgIpc) is 3.08. The van der Waals surface area contributed by atoms with Crippen molar-refractivity contribution in [3.8, 4) is 0 Å². The number of aromatic carboxylic acids is 1. The zero-order valence-electron chi connectivity index (χ0n) is 12.5. The lowest BCUT2D eigenvalue weighted by atomic mass is 10.2. The Morgan fingerprint density at radius 2 is 1.91 bits per heavy atom. The van der Waals surface area contributed by atoms with Crippen LogP contribution in [0.4, 0.5) is 5.82 Å². The Morgan fingerprint density at radius 3 is 2.57 bits per heavy atom. The fourth-order valence-electron chi connectivity index (χ4n) is 2.58. The van der Waals surface area contributed by atoms with Gasteiger partial charge in [-0.25, -0.2) is 9.78 Å². The van der Waals surface area contributed by atoms with E-state index in [4.69, 9.17) is 5.11 Å². The van der Waals surface area contributed by atoms with E-state index >= 15 is 0 Å². The van der Waals surface area contributed by atoms with Gasteiger partial charge in [-0.05, 0) is 23.6 Å². The molecule has 1 amide bonds. The molecule has 1 N–H and O–H groups in total. The van der Waals surface area contributed by atoms with Crippen molar-refractivity contribution in [2.24, 2.45) is 0 Å². The van der Waals surface area contributed by atoms with E-state index in [1.807, 2.05) is 27.3 Å².